The summed E-state index contributed by atoms with van der Waals surface area (Å²) < 4.78 is 0. The van der Waals surface area contributed by atoms with Crippen molar-refractivity contribution in [1.29, 1.82) is 0 Å². The van der Waals surface area contributed by atoms with E-state index in [-0.39, 0.29) is 12.4 Å². The highest BCUT2D eigenvalue weighted by Crippen LogP contribution is 1.93. The van der Waals surface area contributed by atoms with Crippen LogP contribution in [0.3, 0.4) is 0 Å². The fourth-order valence-electron chi connectivity index (χ4n) is 0.611. The molecule has 0 aromatic carbocycles. The standard InChI is InChI=1S/C6H12ClN3O2S/c1-13-5-3-8-6(11)10(9-12)4-2-7/h2-5H2,1H3,(H,8,11). The van der Waals surface area contributed by atoms with Gasteiger partial charge in [-0.3, -0.25) is 0 Å². The van der Waals surface area contributed by atoms with Gasteiger partial charge in [0.25, 0.3) is 0 Å². The Morgan fingerprint density at radius 3 is 2.85 bits per heavy atom. The lowest BCUT2D eigenvalue weighted by atomic mass is 10.6. The Labute approximate surface area is 86.1 Å². The Kier molecular flexibility index (Phi) is 7.82. The number of alkyl halides is 1. The lowest BCUT2D eigenvalue weighted by molar-refractivity contribution is 0.203. The first-order chi connectivity index (χ1) is 6.26. The van der Waals surface area contributed by atoms with Gasteiger partial charge in [0, 0.05) is 18.2 Å². The van der Waals surface area contributed by atoms with Crippen LogP contribution in [0.5, 0.6) is 0 Å². The number of amides is 2. The van der Waals surface area contributed by atoms with Crippen molar-refractivity contribution in [3.63, 3.8) is 0 Å². The van der Waals surface area contributed by atoms with Crippen LogP contribution >= 0.6 is 23.4 Å². The highest BCUT2D eigenvalue weighted by Gasteiger charge is 2.11. The van der Waals surface area contributed by atoms with Crippen molar-refractivity contribution in [3.8, 4) is 0 Å². The lowest BCUT2D eigenvalue weighted by Gasteiger charge is -2.12. The molecule has 0 aliphatic carbocycles. The number of nitrogens with zero attached hydrogens (tertiary/aromatic N) is 2. The average molecular weight is 226 g/mol. The number of urea groups is 1. The molecule has 5 nitrogen and oxygen atoms in total. The fraction of sp³-hybridized carbons (Fsp3) is 0.833. The quantitative estimate of drug-likeness (QED) is 0.321. The lowest BCUT2D eigenvalue weighted by Crippen LogP contribution is -2.38. The average Bonchev–Trinajstić information content (AvgIpc) is 2.14. The number of halogens is 1. The number of nitrogens with one attached hydrogen (secondary N) is 1. The molecular formula is C6H12ClN3O2S. The summed E-state index contributed by atoms with van der Waals surface area (Å²) >= 11 is 6.96. The summed E-state index contributed by atoms with van der Waals surface area (Å²) in [6.45, 7) is 0.657. The van der Waals surface area contributed by atoms with Gasteiger partial charge in [0.1, 0.15) is 0 Å². The van der Waals surface area contributed by atoms with Crippen molar-refractivity contribution in [2.45, 2.75) is 0 Å². The van der Waals surface area contributed by atoms with E-state index < -0.39 is 6.03 Å². The molecule has 0 bridgehead atoms. The molecule has 0 aliphatic heterocycles. The van der Waals surface area contributed by atoms with Crippen LogP contribution in [0.1, 0.15) is 0 Å². The monoisotopic (exact) mass is 225 g/mol. The summed E-state index contributed by atoms with van der Waals surface area (Å²) in [4.78, 5) is 21.2. The highest BCUT2D eigenvalue weighted by atomic mass is 35.5. The van der Waals surface area contributed by atoms with Gasteiger partial charge in [-0.15, -0.1) is 16.5 Å². The second kappa shape index (κ2) is 8.12. The second-order valence-corrected chi connectivity index (χ2v) is 3.48. The minimum atomic E-state index is -0.496. The second-order valence-electron chi connectivity index (χ2n) is 2.12. The van der Waals surface area contributed by atoms with E-state index in [4.69, 9.17) is 11.6 Å². The number of hydrogen-bond acceptors (Lipinski definition) is 4. The van der Waals surface area contributed by atoms with Crippen LogP contribution in [-0.4, -0.2) is 42.0 Å². The molecule has 0 heterocycles. The van der Waals surface area contributed by atoms with Gasteiger partial charge in [0.15, 0.2) is 0 Å². The molecular weight excluding hydrogens is 214 g/mol. The van der Waals surface area contributed by atoms with Crippen molar-refractivity contribution < 1.29 is 4.79 Å². The number of rotatable bonds is 6. The van der Waals surface area contributed by atoms with Gasteiger partial charge in [-0.25, -0.2) is 4.79 Å². The summed E-state index contributed by atoms with van der Waals surface area (Å²) in [7, 11) is 0. The van der Waals surface area contributed by atoms with Crippen LogP contribution in [0, 0.1) is 4.91 Å². The third kappa shape index (κ3) is 5.70. The van der Waals surface area contributed by atoms with Crippen LogP contribution in [0.2, 0.25) is 0 Å². The van der Waals surface area contributed by atoms with Crippen molar-refractivity contribution >= 4 is 29.4 Å². The Morgan fingerprint density at radius 1 is 1.69 bits per heavy atom. The van der Waals surface area contributed by atoms with E-state index >= 15 is 0 Å². The van der Waals surface area contributed by atoms with Gasteiger partial charge < -0.3 is 5.32 Å². The van der Waals surface area contributed by atoms with Gasteiger partial charge in [-0.05, 0) is 6.26 Å². The largest absolute Gasteiger partial charge is 0.340 e. The molecule has 2 amide bonds. The fourth-order valence-corrected chi connectivity index (χ4v) is 1.08. The first-order valence-corrected chi connectivity index (χ1v) is 5.62. The minimum absolute atomic E-state index is 0.135. The van der Waals surface area contributed by atoms with E-state index in [9.17, 15) is 9.70 Å². The first-order valence-electron chi connectivity index (χ1n) is 3.69. The molecule has 0 aromatic heterocycles. The zero-order valence-electron chi connectivity index (χ0n) is 7.33. The maximum Gasteiger partial charge on any atom is 0.340 e. The summed E-state index contributed by atoms with van der Waals surface area (Å²) in [5, 5.41) is 5.84. The van der Waals surface area contributed by atoms with Crippen LogP contribution < -0.4 is 5.32 Å². The molecule has 13 heavy (non-hydrogen) atoms. The van der Waals surface area contributed by atoms with E-state index in [0.29, 0.717) is 6.54 Å². The first kappa shape index (κ1) is 12.5. The van der Waals surface area contributed by atoms with Crippen molar-refractivity contribution in [2.75, 3.05) is 31.0 Å². The summed E-state index contributed by atoms with van der Waals surface area (Å²) in [6, 6.07) is -0.496. The van der Waals surface area contributed by atoms with E-state index in [0.717, 1.165) is 10.8 Å². The topological polar surface area (TPSA) is 61.8 Å². The van der Waals surface area contributed by atoms with Crippen LogP contribution in [-0.2, 0) is 0 Å². The molecule has 0 saturated heterocycles. The Bertz CT molecular complexity index is 170. The van der Waals surface area contributed by atoms with E-state index in [1.807, 2.05) is 6.26 Å². The van der Waals surface area contributed by atoms with Crippen molar-refractivity contribution in [3.05, 3.63) is 4.91 Å². The maximum absolute atomic E-state index is 11.1. The van der Waals surface area contributed by atoms with Crippen LogP contribution in [0.25, 0.3) is 0 Å². The molecule has 0 saturated carbocycles. The minimum Gasteiger partial charge on any atom is -0.336 e. The third-order valence-corrected chi connectivity index (χ3v) is 1.99. The number of thioether (sulfide) groups is 1. The van der Waals surface area contributed by atoms with Gasteiger partial charge >= 0.3 is 6.03 Å². The van der Waals surface area contributed by atoms with Crippen molar-refractivity contribution in [2.24, 2.45) is 5.29 Å². The van der Waals surface area contributed by atoms with E-state index in [1.54, 1.807) is 11.8 Å². The molecule has 0 atom stereocenters. The summed E-state index contributed by atoms with van der Waals surface area (Å²) in [5.41, 5.74) is 0. The molecule has 0 radical (unpaired) electrons. The number of carbonyl (C=O) groups excluding carboxylic acids is 1. The molecule has 0 unspecified atom stereocenters. The molecule has 76 valence electrons. The van der Waals surface area contributed by atoms with Crippen LogP contribution in [0.4, 0.5) is 4.79 Å². The molecule has 0 aromatic rings. The Balaban J connectivity index is 3.70. The normalized spacial score (nSPS) is 9.38. The molecule has 0 spiro atoms. The highest BCUT2D eigenvalue weighted by molar-refractivity contribution is 7.98. The Morgan fingerprint density at radius 2 is 2.38 bits per heavy atom. The zero-order valence-corrected chi connectivity index (χ0v) is 8.90. The predicted molar refractivity (Wildman–Crippen MR) is 55.0 cm³/mol. The maximum atomic E-state index is 11.1. The number of hydrogen-bond donors (Lipinski definition) is 1. The predicted octanol–water partition coefficient (Wildman–Crippen LogP) is 1.28. The van der Waals surface area contributed by atoms with E-state index in [2.05, 4.69) is 10.6 Å². The smallest absolute Gasteiger partial charge is 0.336 e. The number of carbonyl (C=O) groups is 1. The molecule has 0 fully saturated rings. The SMILES string of the molecule is CSCCNC(=O)N(CCCl)N=O. The molecule has 7 heteroatoms. The zero-order chi connectivity index (χ0) is 10.1. The third-order valence-electron chi connectivity index (χ3n) is 1.21. The molecule has 1 N–H and O–H groups in total. The van der Waals surface area contributed by atoms with Gasteiger partial charge in [-0.2, -0.15) is 16.8 Å². The summed E-state index contributed by atoms with van der Waals surface area (Å²) in [6.07, 6.45) is 1.93. The molecule has 0 aliphatic rings. The Hall–Kier alpha value is -0.490. The van der Waals surface area contributed by atoms with Gasteiger partial charge in [-0.1, -0.05) is 0 Å². The van der Waals surface area contributed by atoms with Crippen molar-refractivity contribution in [1.82, 2.24) is 10.3 Å². The van der Waals surface area contributed by atoms with Crippen LogP contribution in [0.15, 0.2) is 5.29 Å². The van der Waals surface area contributed by atoms with Gasteiger partial charge in [0.05, 0.1) is 11.8 Å². The van der Waals surface area contributed by atoms with Gasteiger partial charge in [0.2, 0.25) is 0 Å². The van der Waals surface area contributed by atoms with E-state index in [1.165, 1.54) is 0 Å². The molecule has 0 rings (SSSR count). The number of nitroso groups, excluding NO2 is 1. The summed E-state index contributed by atoms with van der Waals surface area (Å²) in [5.74, 6) is 1.00.